The van der Waals surface area contributed by atoms with E-state index in [4.69, 9.17) is 0 Å². The Morgan fingerprint density at radius 3 is 1.87 bits per heavy atom. The Hall–Kier alpha value is 0.460. The van der Waals surface area contributed by atoms with Crippen LogP contribution in [0.3, 0.4) is 0 Å². The Morgan fingerprint density at radius 1 is 0.933 bits per heavy atom. The van der Waals surface area contributed by atoms with Crippen molar-refractivity contribution in [3.8, 4) is 0 Å². The number of aliphatic hydroxyl groups excluding tert-OH is 1. The third-order valence-corrected chi connectivity index (χ3v) is 3.95. The molecule has 0 aromatic rings. The molecule has 2 bridgehead atoms. The van der Waals surface area contributed by atoms with Crippen molar-refractivity contribution in [3.63, 3.8) is 0 Å². The fraction of sp³-hybridized carbons (Fsp3) is 1.00. The fourth-order valence-corrected chi connectivity index (χ4v) is 3.27. The van der Waals surface area contributed by atoms with Crippen LogP contribution in [0.1, 0.15) is 25.7 Å². The first-order valence-electron chi connectivity index (χ1n) is 5.51. The predicted octanol–water partition coefficient (Wildman–Crippen LogP) is 0.789. The number of rotatable bonds is 1. The van der Waals surface area contributed by atoms with E-state index in [1.54, 1.807) is 0 Å². The van der Waals surface area contributed by atoms with Crippen molar-refractivity contribution in [3.05, 3.63) is 0 Å². The van der Waals surface area contributed by atoms with Gasteiger partial charge in [-0.1, -0.05) is 0 Å². The minimum absolute atomic E-state index is 0. The third-order valence-electron chi connectivity index (χ3n) is 3.95. The van der Waals surface area contributed by atoms with Gasteiger partial charge in [0.15, 0.2) is 0 Å². The van der Waals surface area contributed by atoms with Gasteiger partial charge >= 0.3 is 0 Å². The maximum Gasteiger partial charge on any atom is 0.0570 e. The smallest absolute Gasteiger partial charge is 0.0570 e. The second-order valence-electron chi connectivity index (χ2n) is 4.77. The average molecular weight is 255 g/mol. The standard InChI is InChI=1S/C10H18N2O.2ClH/c13-10-3-7-1-2-8(4-10)12(7)9-5-11-6-9;;/h7-11,13H,1-6H2;2*1H. The van der Waals surface area contributed by atoms with Gasteiger partial charge in [-0.05, 0) is 25.7 Å². The van der Waals surface area contributed by atoms with Crippen molar-refractivity contribution >= 4 is 24.8 Å². The zero-order valence-corrected chi connectivity index (χ0v) is 10.4. The molecule has 3 nitrogen and oxygen atoms in total. The number of hydrogen-bond donors (Lipinski definition) is 2. The van der Waals surface area contributed by atoms with Gasteiger partial charge in [-0.2, -0.15) is 0 Å². The lowest BCUT2D eigenvalue weighted by atomic mass is 9.96. The van der Waals surface area contributed by atoms with E-state index in [2.05, 4.69) is 10.2 Å². The Balaban J connectivity index is 0.000000562. The van der Waals surface area contributed by atoms with Gasteiger partial charge in [0.1, 0.15) is 0 Å². The minimum atomic E-state index is -0.0122. The van der Waals surface area contributed by atoms with Crippen LogP contribution in [-0.4, -0.2) is 47.3 Å². The van der Waals surface area contributed by atoms with Crippen LogP contribution in [0.2, 0.25) is 0 Å². The van der Waals surface area contributed by atoms with E-state index in [0.717, 1.165) is 18.9 Å². The van der Waals surface area contributed by atoms with Crippen molar-refractivity contribution in [1.29, 1.82) is 0 Å². The summed E-state index contributed by atoms with van der Waals surface area (Å²) >= 11 is 0. The molecule has 0 amide bonds. The minimum Gasteiger partial charge on any atom is -0.393 e. The summed E-state index contributed by atoms with van der Waals surface area (Å²) in [5.41, 5.74) is 0. The van der Waals surface area contributed by atoms with Gasteiger partial charge in [0.2, 0.25) is 0 Å². The topological polar surface area (TPSA) is 35.5 Å². The average Bonchev–Trinajstić information content (AvgIpc) is 2.30. The SMILES string of the molecule is Cl.Cl.OC1CC2CCC(C1)N2C1CNC1. The lowest BCUT2D eigenvalue weighted by Crippen LogP contribution is -2.62. The van der Waals surface area contributed by atoms with Crippen LogP contribution in [0.25, 0.3) is 0 Å². The monoisotopic (exact) mass is 254 g/mol. The molecule has 3 saturated heterocycles. The van der Waals surface area contributed by atoms with Crippen molar-refractivity contribution in [2.75, 3.05) is 13.1 Å². The summed E-state index contributed by atoms with van der Waals surface area (Å²) in [6.07, 6.45) is 4.66. The lowest BCUT2D eigenvalue weighted by Gasteiger charge is -2.46. The van der Waals surface area contributed by atoms with Crippen molar-refractivity contribution in [2.24, 2.45) is 0 Å². The Kier molecular flexibility index (Phi) is 4.68. The van der Waals surface area contributed by atoms with Gasteiger partial charge in [0.25, 0.3) is 0 Å². The van der Waals surface area contributed by atoms with Gasteiger partial charge in [0, 0.05) is 31.2 Å². The molecule has 0 aromatic heterocycles. The number of halogens is 2. The maximum absolute atomic E-state index is 9.64. The van der Waals surface area contributed by atoms with Crippen LogP contribution in [0, 0.1) is 0 Å². The molecule has 3 rings (SSSR count). The Labute approximate surface area is 103 Å². The number of hydrogen-bond acceptors (Lipinski definition) is 3. The molecule has 0 spiro atoms. The van der Waals surface area contributed by atoms with Gasteiger partial charge < -0.3 is 10.4 Å². The lowest BCUT2D eigenvalue weighted by molar-refractivity contribution is -0.00325. The number of piperidine rings is 1. The van der Waals surface area contributed by atoms with E-state index in [9.17, 15) is 5.11 Å². The molecule has 90 valence electrons. The van der Waals surface area contributed by atoms with Gasteiger partial charge in [0.05, 0.1) is 6.10 Å². The molecule has 5 heteroatoms. The molecule has 3 heterocycles. The largest absolute Gasteiger partial charge is 0.393 e. The van der Waals surface area contributed by atoms with Gasteiger partial charge in [-0.3, -0.25) is 4.90 Å². The van der Waals surface area contributed by atoms with Crippen LogP contribution < -0.4 is 5.32 Å². The second-order valence-corrected chi connectivity index (χ2v) is 4.77. The second kappa shape index (κ2) is 5.19. The number of aliphatic hydroxyl groups is 1. The molecule has 15 heavy (non-hydrogen) atoms. The van der Waals surface area contributed by atoms with Crippen LogP contribution >= 0.6 is 24.8 Å². The molecule has 0 aromatic carbocycles. The summed E-state index contributed by atoms with van der Waals surface area (Å²) in [6, 6.07) is 2.17. The number of nitrogens with one attached hydrogen (secondary N) is 1. The molecule has 2 atom stereocenters. The highest BCUT2D eigenvalue weighted by atomic mass is 35.5. The molecule has 3 aliphatic rings. The Morgan fingerprint density at radius 2 is 1.47 bits per heavy atom. The molecule has 0 saturated carbocycles. The molecular weight excluding hydrogens is 235 g/mol. The van der Waals surface area contributed by atoms with E-state index in [0.29, 0.717) is 12.1 Å². The predicted molar refractivity (Wildman–Crippen MR) is 65.0 cm³/mol. The van der Waals surface area contributed by atoms with Crippen LogP contribution in [-0.2, 0) is 0 Å². The first-order chi connectivity index (χ1) is 6.34. The van der Waals surface area contributed by atoms with E-state index < -0.39 is 0 Å². The van der Waals surface area contributed by atoms with Crippen molar-refractivity contribution in [2.45, 2.75) is 49.9 Å². The van der Waals surface area contributed by atoms with Gasteiger partial charge in [-0.25, -0.2) is 0 Å². The molecule has 3 fully saturated rings. The third kappa shape index (κ3) is 2.27. The zero-order chi connectivity index (χ0) is 8.84. The zero-order valence-electron chi connectivity index (χ0n) is 8.76. The van der Waals surface area contributed by atoms with Crippen molar-refractivity contribution in [1.82, 2.24) is 10.2 Å². The number of fused-ring (bicyclic) bond motifs is 2. The highest BCUT2D eigenvalue weighted by molar-refractivity contribution is 5.85. The fourth-order valence-electron chi connectivity index (χ4n) is 3.27. The summed E-state index contributed by atoms with van der Waals surface area (Å²) in [6.45, 7) is 2.34. The summed E-state index contributed by atoms with van der Waals surface area (Å²) in [5, 5.41) is 13.0. The summed E-state index contributed by atoms with van der Waals surface area (Å²) in [5.74, 6) is 0. The Bertz CT molecular complexity index is 200. The first-order valence-corrected chi connectivity index (χ1v) is 5.51. The first kappa shape index (κ1) is 13.5. The number of nitrogens with zero attached hydrogens (tertiary/aromatic N) is 1. The highest BCUT2D eigenvalue weighted by Gasteiger charge is 2.44. The molecule has 0 aliphatic carbocycles. The molecule has 0 radical (unpaired) electrons. The van der Waals surface area contributed by atoms with E-state index in [-0.39, 0.29) is 30.9 Å². The summed E-state index contributed by atoms with van der Waals surface area (Å²) < 4.78 is 0. The summed E-state index contributed by atoms with van der Waals surface area (Å²) in [4.78, 5) is 2.68. The molecular formula is C10H20Cl2N2O. The van der Waals surface area contributed by atoms with Crippen molar-refractivity contribution < 1.29 is 5.11 Å². The van der Waals surface area contributed by atoms with Crippen LogP contribution in [0.4, 0.5) is 0 Å². The van der Waals surface area contributed by atoms with Crippen LogP contribution in [0.15, 0.2) is 0 Å². The van der Waals surface area contributed by atoms with E-state index in [1.807, 2.05) is 0 Å². The summed E-state index contributed by atoms with van der Waals surface area (Å²) in [7, 11) is 0. The quantitative estimate of drug-likeness (QED) is 0.727. The molecule has 2 N–H and O–H groups in total. The van der Waals surface area contributed by atoms with Crippen LogP contribution in [0.5, 0.6) is 0 Å². The molecule has 2 unspecified atom stereocenters. The normalized spacial score (nSPS) is 40.2. The molecule has 3 aliphatic heterocycles. The highest BCUT2D eigenvalue weighted by Crippen LogP contribution is 2.37. The van der Waals surface area contributed by atoms with Gasteiger partial charge in [-0.15, -0.1) is 24.8 Å². The van der Waals surface area contributed by atoms with E-state index in [1.165, 1.54) is 25.9 Å². The maximum atomic E-state index is 9.64. The van der Waals surface area contributed by atoms with E-state index >= 15 is 0 Å².